The SMILES string of the molecule is CSc1ccc(CCN(C)CCCl)cc1. The van der Waals surface area contributed by atoms with E-state index in [0.717, 1.165) is 19.5 Å². The smallest absolute Gasteiger partial charge is 0.0351 e. The summed E-state index contributed by atoms with van der Waals surface area (Å²) in [5.74, 6) is 0.710. The lowest BCUT2D eigenvalue weighted by atomic mass is 10.1. The first-order chi connectivity index (χ1) is 7.26. The van der Waals surface area contributed by atoms with Gasteiger partial charge < -0.3 is 4.90 Å². The molecule has 1 aromatic carbocycles. The molecule has 0 bridgehead atoms. The van der Waals surface area contributed by atoms with Gasteiger partial charge in [-0.25, -0.2) is 0 Å². The number of hydrogen-bond acceptors (Lipinski definition) is 2. The van der Waals surface area contributed by atoms with Crippen LogP contribution in [0.4, 0.5) is 0 Å². The third kappa shape index (κ3) is 4.92. The maximum absolute atomic E-state index is 5.67. The van der Waals surface area contributed by atoms with Crippen molar-refractivity contribution < 1.29 is 0 Å². The Morgan fingerprint density at radius 2 is 1.87 bits per heavy atom. The largest absolute Gasteiger partial charge is 0.305 e. The molecule has 1 nitrogen and oxygen atoms in total. The second-order valence-corrected chi connectivity index (χ2v) is 4.85. The summed E-state index contributed by atoms with van der Waals surface area (Å²) in [6.07, 6.45) is 3.20. The molecule has 15 heavy (non-hydrogen) atoms. The fourth-order valence-electron chi connectivity index (χ4n) is 1.37. The molecule has 0 aliphatic heterocycles. The van der Waals surface area contributed by atoms with Crippen LogP contribution < -0.4 is 0 Å². The summed E-state index contributed by atoms with van der Waals surface area (Å²) < 4.78 is 0. The van der Waals surface area contributed by atoms with Gasteiger partial charge in [0.05, 0.1) is 0 Å². The summed E-state index contributed by atoms with van der Waals surface area (Å²) in [7, 11) is 2.11. The summed E-state index contributed by atoms with van der Waals surface area (Å²) in [5.41, 5.74) is 1.40. The number of hydrogen-bond donors (Lipinski definition) is 0. The Balaban J connectivity index is 2.37. The van der Waals surface area contributed by atoms with Crippen LogP contribution in [0.3, 0.4) is 0 Å². The van der Waals surface area contributed by atoms with E-state index >= 15 is 0 Å². The minimum Gasteiger partial charge on any atom is -0.305 e. The average Bonchev–Trinajstić information content (AvgIpc) is 2.27. The van der Waals surface area contributed by atoms with E-state index in [9.17, 15) is 0 Å². The summed E-state index contributed by atoms with van der Waals surface area (Å²) in [5, 5.41) is 0. The van der Waals surface area contributed by atoms with Crippen LogP contribution in [0.1, 0.15) is 5.56 Å². The van der Waals surface area contributed by atoms with Crippen LogP contribution >= 0.6 is 23.4 Å². The highest BCUT2D eigenvalue weighted by Gasteiger charge is 1.98. The molecule has 0 unspecified atom stereocenters. The van der Waals surface area contributed by atoms with Crippen LogP contribution in [0, 0.1) is 0 Å². The maximum Gasteiger partial charge on any atom is 0.0351 e. The molecule has 0 aliphatic carbocycles. The molecule has 3 heteroatoms. The van der Waals surface area contributed by atoms with Gasteiger partial charge in [-0.2, -0.15) is 0 Å². The molecule has 0 amide bonds. The van der Waals surface area contributed by atoms with Crippen LogP contribution in [0.15, 0.2) is 29.2 Å². The Morgan fingerprint density at radius 3 is 2.40 bits per heavy atom. The van der Waals surface area contributed by atoms with Crippen molar-refractivity contribution in [3.05, 3.63) is 29.8 Å². The predicted molar refractivity (Wildman–Crippen MR) is 70.1 cm³/mol. The number of alkyl halides is 1. The first-order valence-electron chi connectivity index (χ1n) is 5.13. The van der Waals surface area contributed by atoms with Gasteiger partial charge in [0.1, 0.15) is 0 Å². The zero-order chi connectivity index (χ0) is 11.1. The number of likely N-dealkylation sites (N-methyl/N-ethyl adjacent to an activating group) is 1. The van der Waals surface area contributed by atoms with Gasteiger partial charge in [-0.3, -0.25) is 0 Å². The van der Waals surface area contributed by atoms with E-state index in [1.54, 1.807) is 11.8 Å². The molecule has 0 atom stereocenters. The van der Waals surface area contributed by atoms with Gasteiger partial charge in [0.25, 0.3) is 0 Å². The van der Waals surface area contributed by atoms with Crippen LogP contribution in [0.5, 0.6) is 0 Å². The van der Waals surface area contributed by atoms with E-state index in [-0.39, 0.29) is 0 Å². The molecule has 0 saturated carbocycles. The Bertz CT molecular complexity index is 273. The lowest BCUT2D eigenvalue weighted by Crippen LogP contribution is -2.23. The highest BCUT2D eigenvalue weighted by atomic mass is 35.5. The van der Waals surface area contributed by atoms with Gasteiger partial charge in [0.15, 0.2) is 0 Å². The van der Waals surface area contributed by atoms with Crippen molar-refractivity contribution in [3.63, 3.8) is 0 Å². The molecule has 0 aliphatic rings. The van der Waals surface area contributed by atoms with Crippen molar-refractivity contribution >= 4 is 23.4 Å². The molecule has 0 aromatic heterocycles. The van der Waals surface area contributed by atoms with Crippen LogP contribution in [-0.2, 0) is 6.42 Å². The number of benzene rings is 1. The second-order valence-electron chi connectivity index (χ2n) is 3.59. The third-order valence-corrected chi connectivity index (χ3v) is 3.32. The maximum atomic E-state index is 5.67. The van der Waals surface area contributed by atoms with Gasteiger partial charge in [-0.1, -0.05) is 12.1 Å². The average molecular weight is 244 g/mol. The standard InChI is InChI=1S/C12H18ClNS/c1-14(10-8-13)9-7-11-3-5-12(15-2)6-4-11/h3-6H,7-10H2,1-2H3. The molecule has 0 spiro atoms. The summed E-state index contributed by atoms with van der Waals surface area (Å²) in [6.45, 7) is 2.04. The number of halogens is 1. The molecule has 1 rings (SSSR count). The van der Waals surface area contributed by atoms with Crippen molar-refractivity contribution in [1.82, 2.24) is 4.90 Å². The van der Waals surface area contributed by atoms with Gasteiger partial charge in [0, 0.05) is 23.9 Å². The second kappa shape index (κ2) is 7.15. The van der Waals surface area contributed by atoms with Crippen molar-refractivity contribution in [2.24, 2.45) is 0 Å². The molecule has 0 heterocycles. The molecule has 0 saturated heterocycles. The molecular formula is C12H18ClNS. The molecule has 84 valence electrons. The normalized spacial score (nSPS) is 10.9. The minimum atomic E-state index is 0.710. The zero-order valence-corrected chi connectivity index (χ0v) is 10.9. The Morgan fingerprint density at radius 1 is 1.20 bits per heavy atom. The zero-order valence-electron chi connectivity index (χ0n) is 9.37. The van der Waals surface area contributed by atoms with E-state index in [4.69, 9.17) is 11.6 Å². The third-order valence-electron chi connectivity index (χ3n) is 2.41. The van der Waals surface area contributed by atoms with E-state index in [1.807, 2.05) is 0 Å². The van der Waals surface area contributed by atoms with Gasteiger partial charge in [-0.05, 0) is 37.4 Å². The van der Waals surface area contributed by atoms with Crippen LogP contribution in [0.25, 0.3) is 0 Å². The van der Waals surface area contributed by atoms with Crippen LogP contribution in [0.2, 0.25) is 0 Å². The number of rotatable bonds is 6. The van der Waals surface area contributed by atoms with Gasteiger partial charge >= 0.3 is 0 Å². The Hall–Kier alpha value is -0.180. The summed E-state index contributed by atoms with van der Waals surface area (Å²) in [6, 6.07) is 8.78. The monoisotopic (exact) mass is 243 g/mol. The van der Waals surface area contributed by atoms with Gasteiger partial charge in [0.2, 0.25) is 0 Å². The van der Waals surface area contributed by atoms with Crippen molar-refractivity contribution in [2.45, 2.75) is 11.3 Å². The molecule has 1 aromatic rings. The van der Waals surface area contributed by atoms with Crippen molar-refractivity contribution in [1.29, 1.82) is 0 Å². The predicted octanol–water partition coefficient (Wildman–Crippen LogP) is 3.12. The van der Waals surface area contributed by atoms with Crippen molar-refractivity contribution in [3.8, 4) is 0 Å². The number of thioether (sulfide) groups is 1. The van der Waals surface area contributed by atoms with E-state index in [2.05, 4.69) is 42.5 Å². The summed E-state index contributed by atoms with van der Waals surface area (Å²) in [4.78, 5) is 3.59. The minimum absolute atomic E-state index is 0.710. The molecule has 0 N–H and O–H groups in total. The molecule has 0 radical (unpaired) electrons. The Labute approximate surface area is 102 Å². The Kier molecular flexibility index (Phi) is 6.15. The highest BCUT2D eigenvalue weighted by molar-refractivity contribution is 7.98. The summed E-state index contributed by atoms with van der Waals surface area (Å²) >= 11 is 7.46. The van der Waals surface area contributed by atoms with E-state index in [1.165, 1.54) is 10.5 Å². The molecule has 0 fully saturated rings. The van der Waals surface area contributed by atoms with Gasteiger partial charge in [-0.15, -0.1) is 23.4 Å². The first-order valence-corrected chi connectivity index (χ1v) is 6.89. The fraction of sp³-hybridized carbons (Fsp3) is 0.500. The molecular weight excluding hydrogens is 226 g/mol. The lowest BCUT2D eigenvalue weighted by molar-refractivity contribution is 0.359. The fourth-order valence-corrected chi connectivity index (χ4v) is 2.07. The first kappa shape index (κ1) is 12.9. The van der Waals surface area contributed by atoms with Crippen LogP contribution in [-0.4, -0.2) is 37.2 Å². The van der Waals surface area contributed by atoms with E-state index in [0.29, 0.717) is 5.88 Å². The van der Waals surface area contributed by atoms with E-state index < -0.39 is 0 Å². The topological polar surface area (TPSA) is 3.24 Å². The quantitative estimate of drug-likeness (QED) is 0.558. The number of nitrogens with zero attached hydrogens (tertiary/aromatic N) is 1. The van der Waals surface area contributed by atoms with Crippen molar-refractivity contribution in [2.75, 3.05) is 32.3 Å². The highest BCUT2D eigenvalue weighted by Crippen LogP contribution is 2.15. The lowest BCUT2D eigenvalue weighted by Gasteiger charge is -2.14.